The van der Waals surface area contributed by atoms with Gasteiger partial charge in [0.1, 0.15) is 0 Å². The first kappa shape index (κ1) is 17.8. The minimum atomic E-state index is -0.276. The van der Waals surface area contributed by atoms with E-state index in [1.807, 2.05) is 38.1 Å². The van der Waals surface area contributed by atoms with E-state index in [1.165, 1.54) is 0 Å². The number of aliphatic hydroxyl groups excluding tert-OH is 1. The highest BCUT2D eigenvalue weighted by Crippen LogP contribution is 2.26. The highest BCUT2D eigenvalue weighted by atomic mass is 16.5. The molecule has 2 N–H and O–H groups in total. The average molecular weight is 320 g/mol. The quantitative estimate of drug-likeness (QED) is 0.846. The number of nitrogens with zero attached hydrogens (tertiary/aromatic N) is 1. The number of nitrogens with one attached hydrogen (secondary N) is 1. The standard InChI is InChI=1S/C18H28N2O3/c1-13(2)23-12-14-6-4-8-16(10-14)19-18(22)20(3)11-15-7-5-9-17(15)21/h4,6,8,10,13,15,17,21H,5,7,9,11-12H2,1-3H3,(H,19,22). The molecule has 0 aromatic heterocycles. The van der Waals surface area contributed by atoms with Gasteiger partial charge in [0.25, 0.3) is 0 Å². The number of ether oxygens (including phenoxy) is 1. The molecule has 2 atom stereocenters. The number of aliphatic hydroxyl groups is 1. The van der Waals surface area contributed by atoms with Crippen molar-refractivity contribution in [1.82, 2.24) is 4.90 Å². The summed E-state index contributed by atoms with van der Waals surface area (Å²) in [6.07, 6.45) is 2.77. The Morgan fingerprint density at radius 3 is 2.87 bits per heavy atom. The molecule has 0 heterocycles. The van der Waals surface area contributed by atoms with Crippen LogP contribution in [0.5, 0.6) is 0 Å². The molecule has 1 aromatic carbocycles. The Labute approximate surface area is 138 Å². The van der Waals surface area contributed by atoms with Crippen molar-refractivity contribution in [2.75, 3.05) is 18.9 Å². The number of carbonyl (C=O) groups is 1. The molecule has 2 unspecified atom stereocenters. The number of anilines is 1. The van der Waals surface area contributed by atoms with Crippen LogP contribution in [0.4, 0.5) is 10.5 Å². The summed E-state index contributed by atoms with van der Waals surface area (Å²) in [7, 11) is 1.77. The molecule has 0 spiro atoms. The molecular formula is C18H28N2O3. The van der Waals surface area contributed by atoms with E-state index in [9.17, 15) is 9.90 Å². The van der Waals surface area contributed by atoms with E-state index in [2.05, 4.69) is 5.32 Å². The molecule has 1 saturated carbocycles. The van der Waals surface area contributed by atoms with Crippen molar-refractivity contribution in [2.24, 2.45) is 5.92 Å². The molecule has 5 heteroatoms. The van der Waals surface area contributed by atoms with Crippen LogP contribution in [0.15, 0.2) is 24.3 Å². The maximum Gasteiger partial charge on any atom is 0.321 e. The van der Waals surface area contributed by atoms with Gasteiger partial charge in [-0.1, -0.05) is 18.6 Å². The summed E-state index contributed by atoms with van der Waals surface area (Å²) in [5.41, 5.74) is 1.80. The van der Waals surface area contributed by atoms with E-state index in [0.717, 1.165) is 30.5 Å². The molecule has 0 aliphatic heterocycles. The zero-order chi connectivity index (χ0) is 16.8. The Kier molecular flexibility index (Phi) is 6.42. The largest absolute Gasteiger partial charge is 0.393 e. The number of benzene rings is 1. The molecule has 2 amide bonds. The summed E-state index contributed by atoms with van der Waals surface area (Å²) in [5, 5.41) is 12.8. The van der Waals surface area contributed by atoms with Gasteiger partial charge in [-0.05, 0) is 44.4 Å². The fraction of sp³-hybridized carbons (Fsp3) is 0.611. The number of hydrogen-bond acceptors (Lipinski definition) is 3. The second-order valence-corrected chi connectivity index (χ2v) is 6.63. The molecule has 5 nitrogen and oxygen atoms in total. The lowest BCUT2D eigenvalue weighted by Crippen LogP contribution is -2.37. The molecule has 1 fully saturated rings. The Morgan fingerprint density at radius 1 is 1.43 bits per heavy atom. The minimum absolute atomic E-state index is 0.147. The maximum atomic E-state index is 12.3. The molecule has 1 aromatic rings. The smallest absolute Gasteiger partial charge is 0.321 e. The summed E-state index contributed by atoms with van der Waals surface area (Å²) < 4.78 is 5.58. The maximum absolute atomic E-state index is 12.3. The average Bonchev–Trinajstić information content (AvgIpc) is 2.90. The second kappa shape index (κ2) is 8.31. The summed E-state index contributed by atoms with van der Waals surface area (Å²) >= 11 is 0. The SMILES string of the molecule is CC(C)OCc1cccc(NC(=O)N(C)CC2CCCC2O)c1. The molecular weight excluding hydrogens is 292 g/mol. The van der Waals surface area contributed by atoms with Crippen LogP contribution in [0, 0.1) is 5.92 Å². The van der Waals surface area contributed by atoms with Gasteiger partial charge in [0.2, 0.25) is 0 Å². The van der Waals surface area contributed by atoms with Gasteiger partial charge in [0.15, 0.2) is 0 Å². The Bertz CT molecular complexity index is 519. The van der Waals surface area contributed by atoms with Crippen LogP contribution >= 0.6 is 0 Å². The fourth-order valence-electron chi connectivity index (χ4n) is 2.89. The monoisotopic (exact) mass is 320 g/mol. The molecule has 0 bridgehead atoms. The van der Waals surface area contributed by atoms with Crippen molar-refractivity contribution in [2.45, 2.75) is 51.9 Å². The van der Waals surface area contributed by atoms with E-state index in [4.69, 9.17) is 4.74 Å². The third-order valence-corrected chi connectivity index (χ3v) is 4.24. The second-order valence-electron chi connectivity index (χ2n) is 6.63. The number of carbonyl (C=O) groups excluding carboxylic acids is 1. The van der Waals surface area contributed by atoms with Crippen LogP contribution in [-0.2, 0) is 11.3 Å². The van der Waals surface area contributed by atoms with Crippen molar-refractivity contribution in [3.8, 4) is 0 Å². The summed E-state index contributed by atoms with van der Waals surface area (Å²) in [6, 6.07) is 7.55. The lowest BCUT2D eigenvalue weighted by atomic mass is 10.1. The summed E-state index contributed by atoms with van der Waals surface area (Å²) in [6.45, 7) is 5.12. The van der Waals surface area contributed by atoms with Gasteiger partial charge in [0, 0.05) is 25.2 Å². The molecule has 0 radical (unpaired) electrons. The normalized spacial score (nSPS) is 20.7. The Morgan fingerprint density at radius 2 is 2.22 bits per heavy atom. The summed E-state index contributed by atoms with van der Waals surface area (Å²) in [4.78, 5) is 13.9. The van der Waals surface area contributed by atoms with Crippen LogP contribution in [0.25, 0.3) is 0 Å². The van der Waals surface area contributed by atoms with Crippen LogP contribution in [0.1, 0.15) is 38.7 Å². The van der Waals surface area contributed by atoms with Crippen molar-refractivity contribution in [3.63, 3.8) is 0 Å². The topological polar surface area (TPSA) is 61.8 Å². The van der Waals surface area contributed by atoms with E-state index in [-0.39, 0.29) is 24.2 Å². The third kappa shape index (κ3) is 5.52. The van der Waals surface area contributed by atoms with Gasteiger partial charge in [-0.15, -0.1) is 0 Å². The van der Waals surface area contributed by atoms with Crippen molar-refractivity contribution in [3.05, 3.63) is 29.8 Å². The minimum Gasteiger partial charge on any atom is -0.393 e. The number of amides is 2. The zero-order valence-corrected chi connectivity index (χ0v) is 14.3. The molecule has 1 aliphatic carbocycles. The number of hydrogen-bond donors (Lipinski definition) is 2. The number of rotatable bonds is 6. The lowest BCUT2D eigenvalue weighted by Gasteiger charge is -2.23. The zero-order valence-electron chi connectivity index (χ0n) is 14.3. The van der Waals surface area contributed by atoms with Crippen LogP contribution < -0.4 is 5.32 Å². The predicted molar refractivity (Wildman–Crippen MR) is 91.4 cm³/mol. The van der Waals surface area contributed by atoms with Crippen molar-refractivity contribution in [1.29, 1.82) is 0 Å². The van der Waals surface area contributed by atoms with Crippen LogP contribution in [0.3, 0.4) is 0 Å². The van der Waals surface area contributed by atoms with Gasteiger partial charge in [-0.25, -0.2) is 4.79 Å². The fourth-order valence-corrected chi connectivity index (χ4v) is 2.89. The van der Waals surface area contributed by atoms with Gasteiger partial charge < -0.3 is 20.1 Å². The first-order valence-corrected chi connectivity index (χ1v) is 8.36. The van der Waals surface area contributed by atoms with E-state index in [1.54, 1.807) is 11.9 Å². The van der Waals surface area contributed by atoms with Gasteiger partial charge in [-0.2, -0.15) is 0 Å². The lowest BCUT2D eigenvalue weighted by molar-refractivity contribution is 0.0657. The number of urea groups is 1. The highest BCUT2D eigenvalue weighted by molar-refractivity contribution is 5.89. The third-order valence-electron chi connectivity index (χ3n) is 4.24. The molecule has 23 heavy (non-hydrogen) atoms. The van der Waals surface area contributed by atoms with Crippen molar-refractivity contribution >= 4 is 11.7 Å². The molecule has 1 aliphatic rings. The van der Waals surface area contributed by atoms with E-state index >= 15 is 0 Å². The first-order valence-electron chi connectivity index (χ1n) is 8.36. The van der Waals surface area contributed by atoms with Crippen LogP contribution in [0.2, 0.25) is 0 Å². The highest BCUT2D eigenvalue weighted by Gasteiger charge is 2.27. The van der Waals surface area contributed by atoms with Crippen LogP contribution in [-0.4, -0.2) is 41.8 Å². The Balaban J connectivity index is 1.87. The molecule has 2 rings (SSSR count). The van der Waals surface area contributed by atoms with E-state index in [0.29, 0.717) is 13.2 Å². The molecule has 128 valence electrons. The van der Waals surface area contributed by atoms with Gasteiger partial charge in [0.05, 0.1) is 18.8 Å². The van der Waals surface area contributed by atoms with Gasteiger partial charge in [-0.3, -0.25) is 0 Å². The summed E-state index contributed by atoms with van der Waals surface area (Å²) in [5.74, 6) is 0.191. The first-order chi connectivity index (χ1) is 11.0. The molecule has 0 saturated heterocycles. The van der Waals surface area contributed by atoms with Crippen molar-refractivity contribution < 1.29 is 14.6 Å². The van der Waals surface area contributed by atoms with Gasteiger partial charge >= 0.3 is 6.03 Å². The van der Waals surface area contributed by atoms with E-state index < -0.39 is 0 Å². The Hall–Kier alpha value is -1.59. The predicted octanol–water partition coefficient (Wildman–Crippen LogP) is 3.24.